The highest BCUT2D eigenvalue weighted by atomic mass is 32.2. The molecule has 0 amide bonds. The van der Waals surface area contributed by atoms with Gasteiger partial charge in [0.05, 0.1) is 12.0 Å². The first-order valence-corrected chi connectivity index (χ1v) is 15.1. The van der Waals surface area contributed by atoms with Crippen LogP contribution in [0.25, 0.3) is 16.8 Å². The zero-order valence-electron chi connectivity index (χ0n) is 21.1. The molecule has 0 unspecified atom stereocenters. The number of nitrogens with zero attached hydrogens (tertiary/aromatic N) is 2. The molecule has 0 spiro atoms. The van der Waals surface area contributed by atoms with Gasteiger partial charge in [0.2, 0.25) is 5.88 Å². The van der Waals surface area contributed by atoms with Crippen molar-refractivity contribution in [1.82, 2.24) is 8.96 Å². The Hall–Kier alpha value is -3.63. The number of fused-ring (bicyclic) bond motifs is 1. The van der Waals surface area contributed by atoms with Crippen molar-refractivity contribution in [2.45, 2.75) is 42.4 Å². The second kappa shape index (κ2) is 10.3. The minimum absolute atomic E-state index is 0.0196. The van der Waals surface area contributed by atoms with Gasteiger partial charge in [0, 0.05) is 11.5 Å². The number of aryl methyl sites for hydroxylation is 1. The molecule has 10 heteroatoms. The van der Waals surface area contributed by atoms with E-state index in [2.05, 4.69) is 4.98 Å². The molecule has 0 N–H and O–H groups in total. The molecule has 1 aliphatic rings. The van der Waals surface area contributed by atoms with E-state index >= 15 is 0 Å². The molecule has 2 heterocycles. The third kappa shape index (κ3) is 5.06. The molecule has 0 bridgehead atoms. The van der Waals surface area contributed by atoms with Crippen LogP contribution in [0.15, 0.2) is 88.7 Å². The van der Waals surface area contributed by atoms with Crippen LogP contribution in [0.3, 0.4) is 0 Å². The SMILES string of the molecule is COc1ccc2cc(/C(=C/C3CCCC3)OS(=O)(=O)c3ccc(C)cc3)n(S(=O)(=O)c3ccccc3)c2n1. The monoisotopic (exact) mass is 552 g/mol. The van der Waals surface area contributed by atoms with Gasteiger partial charge in [0.1, 0.15) is 10.6 Å². The third-order valence-electron chi connectivity index (χ3n) is 6.62. The first-order valence-electron chi connectivity index (χ1n) is 12.3. The summed E-state index contributed by atoms with van der Waals surface area (Å²) in [6.07, 6.45) is 5.46. The Morgan fingerprint density at radius 1 is 0.921 bits per heavy atom. The Balaban J connectivity index is 1.74. The molecule has 5 rings (SSSR count). The van der Waals surface area contributed by atoms with Crippen LogP contribution < -0.4 is 4.74 Å². The van der Waals surface area contributed by atoms with Crippen molar-refractivity contribution in [3.63, 3.8) is 0 Å². The van der Waals surface area contributed by atoms with E-state index in [4.69, 9.17) is 8.92 Å². The van der Waals surface area contributed by atoms with Gasteiger partial charge in [-0.3, -0.25) is 0 Å². The summed E-state index contributed by atoms with van der Waals surface area (Å²) in [6.45, 7) is 1.86. The van der Waals surface area contributed by atoms with Crippen molar-refractivity contribution < 1.29 is 25.8 Å². The quantitative estimate of drug-likeness (QED) is 0.209. The van der Waals surface area contributed by atoms with Crippen molar-refractivity contribution in [2.75, 3.05) is 7.11 Å². The fraction of sp³-hybridized carbons (Fsp3) is 0.250. The average Bonchev–Trinajstić information content (AvgIpc) is 3.56. The minimum Gasteiger partial charge on any atom is -0.481 e. The molecule has 2 aromatic carbocycles. The standard InChI is InChI=1S/C28H28N2O6S2/c1-20-12-15-24(16-13-20)38(33,34)36-26(18-21-8-6-7-9-21)25-19-22-14-17-27(35-2)29-28(22)30(25)37(31,32)23-10-4-3-5-11-23/h3-5,10-19,21H,6-9H2,1-2H3/b26-18-. The number of ether oxygens (including phenoxy) is 1. The van der Waals surface area contributed by atoms with Gasteiger partial charge < -0.3 is 8.92 Å². The fourth-order valence-electron chi connectivity index (χ4n) is 4.63. The maximum Gasteiger partial charge on any atom is 0.339 e. The van der Waals surface area contributed by atoms with Gasteiger partial charge in [-0.05, 0) is 68.2 Å². The Bertz CT molecular complexity index is 1700. The van der Waals surface area contributed by atoms with Crippen LogP contribution >= 0.6 is 0 Å². The van der Waals surface area contributed by atoms with Crippen LogP contribution in [-0.2, 0) is 24.3 Å². The first kappa shape index (κ1) is 26.0. The Morgan fingerprint density at radius 3 is 2.26 bits per heavy atom. The molecule has 8 nitrogen and oxygen atoms in total. The van der Waals surface area contributed by atoms with Crippen LogP contribution in [0.2, 0.25) is 0 Å². The maximum absolute atomic E-state index is 14.0. The molecular weight excluding hydrogens is 524 g/mol. The van der Waals surface area contributed by atoms with Crippen molar-refractivity contribution in [3.8, 4) is 5.88 Å². The molecule has 1 aliphatic carbocycles. The number of hydrogen-bond donors (Lipinski definition) is 0. The van der Waals surface area contributed by atoms with Gasteiger partial charge in [-0.15, -0.1) is 0 Å². The average molecular weight is 553 g/mol. The van der Waals surface area contributed by atoms with E-state index < -0.39 is 20.1 Å². The molecular formula is C28H28N2O6S2. The van der Waals surface area contributed by atoms with E-state index in [9.17, 15) is 16.8 Å². The van der Waals surface area contributed by atoms with Crippen LogP contribution in [-0.4, -0.2) is 32.9 Å². The summed E-state index contributed by atoms with van der Waals surface area (Å²) >= 11 is 0. The molecule has 0 saturated heterocycles. The molecule has 0 radical (unpaired) electrons. The van der Waals surface area contributed by atoms with Gasteiger partial charge in [-0.2, -0.15) is 13.4 Å². The lowest BCUT2D eigenvalue weighted by Crippen LogP contribution is -2.18. The largest absolute Gasteiger partial charge is 0.481 e. The lowest BCUT2D eigenvalue weighted by Gasteiger charge is -2.16. The molecule has 2 aromatic heterocycles. The lowest BCUT2D eigenvalue weighted by atomic mass is 10.1. The van der Waals surface area contributed by atoms with Crippen molar-refractivity contribution in [2.24, 2.45) is 5.92 Å². The molecule has 198 valence electrons. The van der Waals surface area contributed by atoms with Gasteiger partial charge in [0.15, 0.2) is 11.4 Å². The first-order chi connectivity index (χ1) is 18.2. The Kier molecular flexibility index (Phi) is 7.02. The number of allylic oxidation sites excluding steroid dienone is 1. The fourth-order valence-corrected chi connectivity index (χ4v) is 7.06. The van der Waals surface area contributed by atoms with Crippen LogP contribution in [0.4, 0.5) is 0 Å². The zero-order chi connectivity index (χ0) is 26.9. The molecule has 1 saturated carbocycles. The predicted octanol–water partition coefficient (Wildman–Crippen LogP) is 5.53. The highest BCUT2D eigenvalue weighted by Gasteiger charge is 2.30. The van der Waals surface area contributed by atoms with Gasteiger partial charge in [-0.1, -0.05) is 48.7 Å². The summed E-state index contributed by atoms with van der Waals surface area (Å²) in [4.78, 5) is 4.43. The van der Waals surface area contributed by atoms with E-state index in [0.717, 1.165) is 35.2 Å². The Morgan fingerprint density at radius 2 is 1.61 bits per heavy atom. The van der Waals surface area contributed by atoms with Gasteiger partial charge >= 0.3 is 10.1 Å². The molecule has 1 fully saturated rings. The number of hydrogen-bond acceptors (Lipinski definition) is 7. The van der Waals surface area contributed by atoms with Crippen molar-refractivity contribution in [3.05, 3.63) is 90.1 Å². The molecule has 0 aliphatic heterocycles. The second-order valence-electron chi connectivity index (χ2n) is 9.30. The highest BCUT2D eigenvalue weighted by molar-refractivity contribution is 7.90. The number of methoxy groups -OCH3 is 1. The van der Waals surface area contributed by atoms with Crippen molar-refractivity contribution in [1.29, 1.82) is 0 Å². The lowest BCUT2D eigenvalue weighted by molar-refractivity contribution is 0.399. The summed E-state index contributed by atoms with van der Waals surface area (Å²) in [5, 5.41) is 0.494. The Labute approximate surface area is 222 Å². The number of rotatable bonds is 8. The predicted molar refractivity (Wildman–Crippen MR) is 145 cm³/mol. The van der Waals surface area contributed by atoms with Crippen LogP contribution in [0.1, 0.15) is 36.9 Å². The number of pyridine rings is 1. The minimum atomic E-state index is -4.26. The van der Waals surface area contributed by atoms with E-state index in [1.165, 1.54) is 31.4 Å². The summed E-state index contributed by atoms with van der Waals surface area (Å²) in [5.74, 6) is 0.224. The second-order valence-corrected chi connectivity index (χ2v) is 12.6. The topological polar surface area (TPSA) is 105 Å². The van der Waals surface area contributed by atoms with Crippen LogP contribution in [0.5, 0.6) is 5.88 Å². The highest BCUT2D eigenvalue weighted by Crippen LogP contribution is 2.35. The summed E-state index contributed by atoms with van der Waals surface area (Å²) in [5.41, 5.74) is 1.09. The van der Waals surface area contributed by atoms with E-state index in [1.54, 1.807) is 54.6 Å². The summed E-state index contributed by atoms with van der Waals surface area (Å²) < 4.78 is 66.8. The van der Waals surface area contributed by atoms with Gasteiger partial charge in [-0.25, -0.2) is 12.4 Å². The number of aromatic nitrogens is 2. The zero-order valence-corrected chi connectivity index (χ0v) is 22.7. The van der Waals surface area contributed by atoms with E-state index in [0.29, 0.717) is 5.39 Å². The third-order valence-corrected chi connectivity index (χ3v) is 9.59. The summed E-state index contributed by atoms with van der Waals surface area (Å²) in [7, 11) is -7.02. The maximum atomic E-state index is 14.0. The molecule has 38 heavy (non-hydrogen) atoms. The molecule has 0 atom stereocenters. The summed E-state index contributed by atoms with van der Waals surface area (Å²) in [6, 6.07) is 19.1. The van der Waals surface area contributed by atoms with Gasteiger partial charge in [0.25, 0.3) is 10.0 Å². The van der Waals surface area contributed by atoms with E-state index in [-0.39, 0.29) is 38.7 Å². The van der Waals surface area contributed by atoms with E-state index in [1.807, 2.05) is 6.92 Å². The van der Waals surface area contributed by atoms with Crippen molar-refractivity contribution >= 4 is 36.9 Å². The molecule has 4 aromatic rings. The number of benzene rings is 2. The normalized spacial score (nSPS) is 15.2. The smallest absolute Gasteiger partial charge is 0.339 e. The van der Waals surface area contributed by atoms with Crippen LogP contribution in [0, 0.1) is 12.8 Å².